The standard InChI is InChI=1S/C31H54/c1-6-7-8-12-24-18-20-31(5)26(22-24)14-16-27-28-17-15-25(13-10-9-11-23(2)3)30(28,4)21-19-29(27)31/h14,23-25,27-29H,6-13,15-22H2,1-5H3. The van der Waals surface area contributed by atoms with Gasteiger partial charge in [-0.3, -0.25) is 0 Å². The highest BCUT2D eigenvalue weighted by Crippen LogP contribution is 2.67. The molecule has 0 aromatic carbocycles. The van der Waals surface area contributed by atoms with Crippen LogP contribution in [-0.4, -0.2) is 0 Å². The van der Waals surface area contributed by atoms with Gasteiger partial charge in [-0.05, 0) is 104 Å². The van der Waals surface area contributed by atoms with Crippen molar-refractivity contribution in [3.8, 4) is 0 Å². The van der Waals surface area contributed by atoms with Crippen LogP contribution in [-0.2, 0) is 0 Å². The lowest BCUT2D eigenvalue weighted by Crippen LogP contribution is -2.50. The van der Waals surface area contributed by atoms with Gasteiger partial charge in [-0.15, -0.1) is 0 Å². The van der Waals surface area contributed by atoms with E-state index < -0.39 is 0 Å². The summed E-state index contributed by atoms with van der Waals surface area (Å²) in [7, 11) is 0. The molecule has 3 saturated carbocycles. The van der Waals surface area contributed by atoms with E-state index in [0.29, 0.717) is 10.8 Å². The van der Waals surface area contributed by atoms with Gasteiger partial charge >= 0.3 is 0 Å². The molecule has 4 aliphatic rings. The monoisotopic (exact) mass is 426 g/mol. The fraction of sp³-hybridized carbons (Fsp3) is 0.935. The number of allylic oxidation sites excluding steroid dienone is 2. The molecule has 0 spiro atoms. The van der Waals surface area contributed by atoms with Gasteiger partial charge in [0.2, 0.25) is 0 Å². The molecule has 0 nitrogen and oxygen atoms in total. The minimum absolute atomic E-state index is 0.556. The number of hydrogen-bond donors (Lipinski definition) is 0. The molecule has 4 aliphatic carbocycles. The van der Waals surface area contributed by atoms with Gasteiger partial charge in [-0.25, -0.2) is 0 Å². The highest BCUT2D eigenvalue weighted by molar-refractivity contribution is 5.25. The van der Waals surface area contributed by atoms with Crippen molar-refractivity contribution in [2.45, 2.75) is 137 Å². The third-order valence-electron chi connectivity index (χ3n) is 11.2. The zero-order chi connectivity index (χ0) is 22.1. The summed E-state index contributed by atoms with van der Waals surface area (Å²) in [6.45, 7) is 12.6. The topological polar surface area (TPSA) is 0 Å². The van der Waals surface area contributed by atoms with Gasteiger partial charge in [0.25, 0.3) is 0 Å². The minimum Gasteiger partial charge on any atom is -0.0845 e. The molecule has 0 radical (unpaired) electrons. The maximum Gasteiger partial charge on any atom is -0.00851 e. The first-order valence-electron chi connectivity index (χ1n) is 14.6. The molecule has 178 valence electrons. The van der Waals surface area contributed by atoms with Crippen LogP contribution >= 0.6 is 0 Å². The van der Waals surface area contributed by atoms with Crippen LogP contribution in [0.15, 0.2) is 11.6 Å². The number of rotatable bonds is 9. The Morgan fingerprint density at radius 3 is 2.48 bits per heavy atom. The average Bonchev–Trinajstić information content (AvgIpc) is 3.08. The molecule has 0 aromatic heterocycles. The van der Waals surface area contributed by atoms with Crippen molar-refractivity contribution in [2.75, 3.05) is 0 Å². The van der Waals surface area contributed by atoms with Gasteiger partial charge in [0.1, 0.15) is 0 Å². The Morgan fingerprint density at radius 1 is 0.903 bits per heavy atom. The maximum atomic E-state index is 2.80. The van der Waals surface area contributed by atoms with Crippen LogP contribution in [0.25, 0.3) is 0 Å². The SMILES string of the molecule is CCCCCC1CCC2(C)C(=CCC3C2CCC2(C)C(CCCCC(C)C)CCC32)C1. The largest absolute Gasteiger partial charge is 0.0845 e. The highest BCUT2D eigenvalue weighted by atomic mass is 14.6. The van der Waals surface area contributed by atoms with Crippen molar-refractivity contribution >= 4 is 0 Å². The van der Waals surface area contributed by atoms with Crippen molar-refractivity contribution in [3.05, 3.63) is 11.6 Å². The molecule has 7 unspecified atom stereocenters. The van der Waals surface area contributed by atoms with Crippen LogP contribution in [0.1, 0.15) is 137 Å². The fourth-order valence-electron chi connectivity index (χ4n) is 9.19. The molecule has 0 saturated heterocycles. The van der Waals surface area contributed by atoms with E-state index >= 15 is 0 Å². The summed E-state index contributed by atoms with van der Waals surface area (Å²) in [6, 6.07) is 0. The average molecular weight is 427 g/mol. The Hall–Kier alpha value is -0.260. The highest BCUT2D eigenvalue weighted by Gasteiger charge is 2.58. The van der Waals surface area contributed by atoms with Crippen molar-refractivity contribution in [1.82, 2.24) is 0 Å². The van der Waals surface area contributed by atoms with Gasteiger partial charge in [0, 0.05) is 0 Å². The number of unbranched alkanes of at least 4 members (excludes halogenated alkanes) is 3. The summed E-state index contributed by atoms with van der Waals surface area (Å²) in [4.78, 5) is 0. The zero-order valence-corrected chi connectivity index (χ0v) is 21.9. The normalized spacial score (nSPS) is 42.1. The third kappa shape index (κ3) is 4.71. The molecule has 7 atom stereocenters. The van der Waals surface area contributed by atoms with Crippen LogP contribution in [0, 0.1) is 46.3 Å². The van der Waals surface area contributed by atoms with E-state index in [1.54, 1.807) is 12.8 Å². The summed E-state index contributed by atoms with van der Waals surface area (Å²) in [5.41, 5.74) is 3.13. The van der Waals surface area contributed by atoms with Crippen LogP contribution in [0.5, 0.6) is 0 Å². The lowest BCUT2D eigenvalue weighted by Gasteiger charge is -2.58. The summed E-state index contributed by atoms with van der Waals surface area (Å²) >= 11 is 0. The van der Waals surface area contributed by atoms with Gasteiger partial charge in [0.15, 0.2) is 0 Å². The first-order chi connectivity index (χ1) is 14.9. The Kier molecular flexibility index (Phi) is 7.65. The van der Waals surface area contributed by atoms with Gasteiger partial charge in [0.05, 0.1) is 0 Å². The van der Waals surface area contributed by atoms with Gasteiger partial charge in [-0.2, -0.15) is 0 Å². The molecule has 31 heavy (non-hydrogen) atoms. The first-order valence-corrected chi connectivity index (χ1v) is 14.6. The number of fused-ring (bicyclic) bond motifs is 5. The molecule has 0 heteroatoms. The van der Waals surface area contributed by atoms with E-state index in [-0.39, 0.29) is 0 Å². The predicted molar refractivity (Wildman–Crippen MR) is 136 cm³/mol. The van der Waals surface area contributed by atoms with Crippen LogP contribution in [0.2, 0.25) is 0 Å². The molecular formula is C31H54. The van der Waals surface area contributed by atoms with Crippen molar-refractivity contribution < 1.29 is 0 Å². The van der Waals surface area contributed by atoms with E-state index in [0.717, 1.165) is 35.5 Å². The molecular weight excluding hydrogens is 372 g/mol. The second-order valence-electron chi connectivity index (χ2n) is 13.4. The molecule has 3 fully saturated rings. The molecule has 0 heterocycles. The Bertz CT molecular complexity index is 614. The number of hydrogen-bond acceptors (Lipinski definition) is 0. The van der Waals surface area contributed by atoms with Crippen LogP contribution in [0.3, 0.4) is 0 Å². The summed E-state index contributed by atoms with van der Waals surface area (Å²) in [6.07, 6.45) is 26.5. The van der Waals surface area contributed by atoms with Crippen molar-refractivity contribution in [1.29, 1.82) is 0 Å². The van der Waals surface area contributed by atoms with Crippen molar-refractivity contribution in [2.24, 2.45) is 46.3 Å². The smallest absolute Gasteiger partial charge is 0.00851 e. The molecule has 4 rings (SSSR count). The van der Waals surface area contributed by atoms with E-state index in [2.05, 4.69) is 40.7 Å². The zero-order valence-electron chi connectivity index (χ0n) is 21.9. The molecule has 0 amide bonds. The second kappa shape index (κ2) is 9.93. The van der Waals surface area contributed by atoms with Crippen LogP contribution in [0.4, 0.5) is 0 Å². The molecule has 0 bridgehead atoms. The molecule has 0 aromatic rings. The predicted octanol–water partition coefficient (Wildman–Crippen LogP) is 9.98. The van der Waals surface area contributed by atoms with Crippen LogP contribution < -0.4 is 0 Å². The Morgan fingerprint density at radius 2 is 1.71 bits per heavy atom. The van der Waals surface area contributed by atoms with Crippen molar-refractivity contribution in [3.63, 3.8) is 0 Å². The quantitative estimate of drug-likeness (QED) is 0.254. The summed E-state index contributed by atoms with van der Waals surface area (Å²) < 4.78 is 0. The van der Waals surface area contributed by atoms with E-state index in [1.807, 2.05) is 5.57 Å². The van der Waals surface area contributed by atoms with E-state index in [4.69, 9.17) is 0 Å². The second-order valence-corrected chi connectivity index (χ2v) is 13.4. The minimum atomic E-state index is 0.556. The third-order valence-corrected chi connectivity index (χ3v) is 11.2. The Labute approximate surface area is 195 Å². The summed E-state index contributed by atoms with van der Waals surface area (Å²) in [5.74, 6) is 5.94. The van der Waals surface area contributed by atoms with E-state index in [9.17, 15) is 0 Å². The summed E-state index contributed by atoms with van der Waals surface area (Å²) in [5, 5.41) is 0. The lowest BCUT2D eigenvalue weighted by molar-refractivity contribution is -0.0458. The van der Waals surface area contributed by atoms with Gasteiger partial charge in [-0.1, -0.05) is 91.2 Å². The lowest BCUT2D eigenvalue weighted by atomic mass is 9.46. The Balaban J connectivity index is 1.40. The van der Waals surface area contributed by atoms with Gasteiger partial charge < -0.3 is 0 Å². The maximum absolute atomic E-state index is 2.80. The first kappa shape index (κ1) is 23.9. The molecule has 0 N–H and O–H groups in total. The fourth-order valence-corrected chi connectivity index (χ4v) is 9.19. The molecule has 0 aliphatic heterocycles. The van der Waals surface area contributed by atoms with E-state index in [1.165, 1.54) is 89.9 Å².